The summed E-state index contributed by atoms with van der Waals surface area (Å²) in [5.74, 6) is -1.06. The standard InChI is InChI=1S/C20H20N2O5S/c1-14(22(28(3,25)26)15-9-5-4-6-10-15)19(23)21-13-17(20(24)27-2)16-11-7-8-12-18(16)21/h4-14H,1-3H3/t14-/m0/s1. The van der Waals surface area contributed by atoms with Crippen LogP contribution in [0.3, 0.4) is 0 Å². The molecule has 0 aliphatic rings. The van der Waals surface area contributed by atoms with Crippen molar-refractivity contribution in [3.8, 4) is 0 Å². The number of carbonyl (C=O) groups excluding carboxylic acids is 2. The number of hydrogen-bond donors (Lipinski definition) is 0. The number of para-hydroxylation sites is 2. The molecule has 28 heavy (non-hydrogen) atoms. The van der Waals surface area contributed by atoms with Crippen molar-refractivity contribution < 1.29 is 22.7 Å². The molecule has 0 aliphatic carbocycles. The lowest BCUT2D eigenvalue weighted by Crippen LogP contribution is -2.44. The molecule has 1 aromatic heterocycles. The van der Waals surface area contributed by atoms with Crippen molar-refractivity contribution >= 4 is 38.5 Å². The van der Waals surface area contributed by atoms with E-state index < -0.39 is 27.9 Å². The molecule has 0 saturated heterocycles. The van der Waals surface area contributed by atoms with Gasteiger partial charge in [-0.25, -0.2) is 13.2 Å². The molecule has 0 fully saturated rings. The summed E-state index contributed by atoms with van der Waals surface area (Å²) in [6.45, 7) is 1.52. The maximum atomic E-state index is 13.2. The van der Waals surface area contributed by atoms with Gasteiger partial charge in [-0.15, -0.1) is 0 Å². The first-order chi connectivity index (χ1) is 13.3. The molecule has 0 aliphatic heterocycles. The number of carbonyl (C=O) groups is 2. The Morgan fingerprint density at radius 3 is 2.25 bits per heavy atom. The molecular weight excluding hydrogens is 380 g/mol. The summed E-state index contributed by atoms with van der Waals surface area (Å²) in [6, 6.07) is 14.3. The number of nitrogens with zero attached hydrogens (tertiary/aromatic N) is 2. The molecule has 7 nitrogen and oxygen atoms in total. The number of esters is 1. The third-order valence-electron chi connectivity index (χ3n) is 4.43. The summed E-state index contributed by atoms with van der Waals surface area (Å²) in [4.78, 5) is 25.3. The highest BCUT2D eigenvalue weighted by atomic mass is 32.2. The molecule has 0 bridgehead atoms. The molecule has 8 heteroatoms. The van der Waals surface area contributed by atoms with Crippen LogP contribution in [-0.2, 0) is 14.8 Å². The Morgan fingerprint density at radius 1 is 1.04 bits per heavy atom. The van der Waals surface area contributed by atoms with Crippen molar-refractivity contribution in [3.63, 3.8) is 0 Å². The van der Waals surface area contributed by atoms with Gasteiger partial charge in [0.15, 0.2) is 0 Å². The summed E-state index contributed by atoms with van der Waals surface area (Å²) in [5, 5.41) is 0.556. The van der Waals surface area contributed by atoms with Gasteiger partial charge >= 0.3 is 5.97 Å². The van der Waals surface area contributed by atoms with E-state index in [1.165, 1.54) is 24.8 Å². The molecule has 0 saturated carbocycles. The molecule has 146 valence electrons. The van der Waals surface area contributed by atoms with E-state index in [0.29, 0.717) is 16.6 Å². The van der Waals surface area contributed by atoms with Gasteiger partial charge in [0.1, 0.15) is 6.04 Å². The fraction of sp³-hybridized carbons (Fsp3) is 0.200. The zero-order valence-corrected chi connectivity index (χ0v) is 16.5. The van der Waals surface area contributed by atoms with Crippen LogP contribution in [0.15, 0.2) is 60.8 Å². The number of anilines is 1. The first kappa shape index (κ1) is 19.6. The van der Waals surface area contributed by atoms with Crippen molar-refractivity contribution in [1.29, 1.82) is 0 Å². The number of sulfonamides is 1. The molecular formula is C20H20N2O5S. The zero-order valence-electron chi connectivity index (χ0n) is 15.7. The lowest BCUT2D eigenvalue weighted by molar-refractivity contribution is 0.0603. The van der Waals surface area contributed by atoms with Crippen molar-refractivity contribution in [2.75, 3.05) is 17.7 Å². The van der Waals surface area contributed by atoms with E-state index in [0.717, 1.165) is 10.6 Å². The van der Waals surface area contributed by atoms with Crippen LogP contribution in [-0.4, -0.2) is 44.3 Å². The minimum Gasteiger partial charge on any atom is -0.465 e. The minimum absolute atomic E-state index is 0.240. The average Bonchev–Trinajstić information content (AvgIpc) is 3.06. The van der Waals surface area contributed by atoms with Gasteiger partial charge in [0.2, 0.25) is 10.0 Å². The molecule has 3 aromatic rings. The molecule has 0 radical (unpaired) electrons. The van der Waals surface area contributed by atoms with Gasteiger partial charge in [-0.3, -0.25) is 13.7 Å². The predicted octanol–water partition coefficient (Wildman–Crippen LogP) is 2.92. The van der Waals surface area contributed by atoms with Crippen LogP contribution in [0.4, 0.5) is 5.69 Å². The molecule has 1 heterocycles. The molecule has 0 unspecified atom stereocenters. The van der Waals surface area contributed by atoms with Crippen LogP contribution in [0.5, 0.6) is 0 Å². The fourth-order valence-corrected chi connectivity index (χ4v) is 4.38. The van der Waals surface area contributed by atoms with Crippen molar-refractivity contribution in [2.45, 2.75) is 13.0 Å². The van der Waals surface area contributed by atoms with Crippen LogP contribution in [0, 0.1) is 0 Å². The summed E-state index contributed by atoms with van der Waals surface area (Å²) < 4.78 is 32.0. The van der Waals surface area contributed by atoms with Gasteiger partial charge in [0, 0.05) is 11.6 Å². The quantitative estimate of drug-likeness (QED) is 0.615. The second-order valence-corrected chi connectivity index (χ2v) is 8.19. The second kappa shape index (κ2) is 7.47. The smallest absolute Gasteiger partial charge is 0.340 e. The van der Waals surface area contributed by atoms with Gasteiger partial charge in [0.25, 0.3) is 5.91 Å². The number of aromatic nitrogens is 1. The van der Waals surface area contributed by atoms with Crippen molar-refractivity contribution in [1.82, 2.24) is 4.57 Å². The van der Waals surface area contributed by atoms with E-state index in [4.69, 9.17) is 4.74 Å². The molecule has 0 N–H and O–H groups in total. The first-order valence-electron chi connectivity index (χ1n) is 8.52. The van der Waals surface area contributed by atoms with Crippen molar-refractivity contribution in [3.05, 3.63) is 66.4 Å². The van der Waals surface area contributed by atoms with Gasteiger partial charge < -0.3 is 4.74 Å². The summed E-state index contributed by atoms with van der Waals surface area (Å²) >= 11 is 0. The number of hydrogen-bond acceptors (Lipinski definition) is 5. The maximum absolute atomic E-state index is 13.2. The van der Waals surface area contributed by atoms with Gasteiger partial charge in [-0.1, -0.05) is 36.4 Å². The van der Waals surface area contributed by atoms with E-state index in [2.05, 4.69) is 0 Å². The van der Waals surface area contributed by atoms with E-state index in [-0.39, 0.29) is 5.56 Å². The van der Waals surface area contributed by atoms with Crippen molar-refractivity contribution in [2.24, 2.45) is 0 Å². The Bertz CT molecular complexity index is 1140. The first-order valence-corrected chi connectivity index (χ1v) is 10.4. The normalized spacial score (nSPS) is 12.5. The molecule has 2 aromatic carbocycles. The Kier molecular flexibility index (Phi) is 5.24. The predicted molar refractivity (Wildman–Crippen MR) is 107 cm³/mol. The van der Waals surface area contributed by atoms with Crippen LogP contribution in [0.2, 0.25) is 0 Å². The summed E-state index contributed by atoms with van der Waals surface area (Å²) in [5.41, 5.74) is 1.13. The van der Waals surface area contributed by atoms with E-state index in [9.17, 15) is 18.0 Å². The number of rotatable bonds is 5. The number of fused-ring (bicyclic) bond motifs is 1. The average molecular weight is 400 g/mol. The largest absolute Gasteiger partial charge is 0.465 e. The Balaban J connectivity index is 2.12. The van der Waals surface area contributed by atoms with Crippen LogP contribution < -0.4 is 4.31 Å². The molecule has 0 spiro atoms. The highest BCUT2D eigenvalue weighted by molar-refractivity contribution is 7.92. The Morgan fingerprint density at radius 2 is 1.64 bits per heavy atom. The maximum Gasteiger partial charge on any atom is 0.340 e. The second-order valence-electron chi connectivity index (χ2n) is 6.33. The van der Waals surface area contributed by atoms with E-state index in [1.807, 2.05) is 0 Å². The molecule has 1 atom stereocenters. The molecule has 0 amide bonds. The number of methoxy groups -OCH3 is 1. The highest BCUT2D eigenvalue weighted by Crippen LogP contribution is 2.25. The number of ether oxygens (including phenoxy) is 1. The van der Waals surface area contributed by atoms with Crippen LogP contribution >= 0.6 is 0 Å². The highest BCUT2D eigenvalue weighted by Gasteiger charge is 2.31. The Hall–Kier alpha value is -3.13. The monoisotopic (exact) mass is 400 g/mol. The lowest BCUT2D eigenvalue weighted by atomic mass is 10.2. The third kappa shape index (κ3) is 3.50. The summed E-state index contributed by atoms with van der Waals surface area (Å²) in [7, 11) is -2.47. The summed E-state index contributed by atoms with van der Waals surface area (Å²) in [6.07, 6.45) is 2.44. The minimum atomic E-state index is -3.73. The lowest BCUT2D eigenvalue weighted by Gasteiger charge is -2.28. The topological polar surface area (TPSA) is 85.7 Å². The number of benzene rings is 2. The zero-order chi connectivity index (χ0) is 20.5. The van der Waals surface area contributed by atoms with Gasteiger partial charge in [-0.2, -0.15) is 0 Å². The van der Waals surface area contributed by atoms with Crippen LogP contribution in [0.1, 0.15) is 22.1 Å². The fourth-order valence-electron chi connectivity index (χ4n) is 3.21. The van der Waals surface area contributed by atoms with E-state index in [1.54, 1.807) is 54.6 Å². The Labute approximate surface area is 163 Å². The van der Waals surface area contributed by atoms with E-state index >= 15 is 0 Å². The molecule has 3 rings (SSSR count). The van der Waals surface area contributed by atoms with Gasteiger partial charge in [0.05, 0.1) is 30.1 Å². The van der Waals surface area contributed by atoms with Gasteiger partial charge in [-0.05, 0) is 25.1 Å². The van der Waals surface area contributed by atoms with Crippen LogP contribution in [0.25, 0.3) is 10.9 Å². The third-order valence-corrected chi connectivity index (χ3v) is 5.67. The SMILES string of the molecule is COC(=O)c1cn(C(=O)[C@H](C)N(c2ccccc2)S(C)(=O)=O)c2ccccc12.